The molecule has 0 atom stereocenters. The Bertz CT molecular complexity index is 1060. The van der Waals surface area contributed by atoms with Crippen molar-refractivity contribution in [3.05, 3.63) is 69.8 Å². The van der Waals surface area contributed by atoms with Crippen LogP contribution >= 0.6 is 0 Å². The number of benzene rings is 2. The predicted octanol–water partition coefficient (Wildman–Crippen LogP) is 1.88. The molecule has 12 nitrogen and oxygen atoms in total. The number of aromatic carboxylic acids is 4. The fourth-order valence-corrected chi connectivity index (χ4v) is 2.62. The number of carbonyl (C=O) groups excluding carboxylic acids is 2. The molecule has 0 amide bonds. The zero-order chi connectivity index (χ0) is 24.7. The zero-order valence-electron chi connectivity index (χ0n) is 16.6. The van der Waals surface area contributed by atoms with E-state index in [2.05, 4.69) is 0 Å². The maximum Gasteiger partial charge on any atom is 0.338 e. The van der Waals surface area contributed by atoms with E-state index in [0.29, 0.717) is 0 Å². The van der Waals surface area contributed by atoms with E-state index in [1.165, 1.54) is 0 Å². The van der Waals surface area contributed by atoms with Crippen LogP contribution in [0.4, 0.5) is 0 Å². The highest BCUT2D eigenvalue weighted by molar-refractivity contribution is 6.04. The predicted molar refractivity (Wildman–Crippen MR) is 106 cm³/mol. The molecule has 0 aliphatic heterocycles. The van der Waals surface area contributed by atoms with E-state index in [0.717, 1.165) is 36.4 Å². The number of carboxylic acid groups (broad SMARTS) is 4. The summed E-state index contributed by atoms with van der Waals surface area (Å²) in [6.45, 7) is -0.457. The molecular weight excluding hydrogens is 444 g/mol. The van der Waals surface area contributed by atoms with Gasteiger partial charge in [0.2, 0.25) is 0 Å². The molecule has 2 aromatic carbocycles. The number of carbonyl (C=O) groups is 6. The molecular formula is C21H16O12. The largest absolute Gasteiger partial charge is 0.478 e. The normalized spacial score (nSPS) is 10.2. The Labute approximate surface area is 184 Å². The average molecular weight is 460 g/mol. The van der Waals surface area contributed by atoms with Crippen molar-refractivity contribution in [2.45, 2.75) is 6.42 Å². The molecule has 0 unspecified atom stereocenters. The van der Waals surface area contributed by atoms with Crippen molar-refractivity contribution in [1.82, 2.24) is 0 Å². The Morgan fingerprint density at radius 2 is 0.879 bits per heavy atom. The molecule has 2 rings (SSSR count). The first-order valence-corrected chi connectivity index (χ1v) is 9.08. The van der Waals surface area contributed by atoms with Crippen LogP contribution in [0.15, 0.2) is 36.4 Å². The Kier molecular flexibility index (Phi) is 7.82. The third kappa shape index (κ3) is 6.13. The number of esters is 2. The summed E-state index contributed by atoms with van der Waals surface area (Å²) in [5.41, 5.74) is -2.52. The van der Waals surface area contributed by atoms with Gasteiger partial charge in [0.25, 0.3) is 0 Å². The number of hydrogen-bond acceptors (Lipinski definition) is 8. The summed E-state index contributed by atoms with van der Waals surface area (Å²) >= 11 is 0. The van der Waals surface area contributed by atoms with E-state index >= 15 is 0 Å². The molecule has 0 saturated heterocycles. The van der Waals surface area contributed by atoms with E-state index in [4.69, 9.17) is 29.9 Å². The highest BCUT2D eigenvalue weighted by Gasteiger charge is 2.20. The van der Waals surface area contributed by atoms with E-state index in [1.807, 2.05) is 0 Å². The molecule has 12 heteroatoms. The van der Waals surface area contributed by atoms with Crippen molar-refractivity contribution in [1.29, 1.82) is 0 Å². The van der Waals surface area contributed by atoms with Crippen LogP contribution in [0.3, 0.4) is 0 Å². The minimum absolute atomic E-state index is 0.0372. The Morgan fingerprint density at radius 3 is 1.18 bits per heavy atom. The monoisotopic (exact) mass is 460 g/mol. The smallest absolute Gasteiger partial charge is 0.338 e. The van der Waals surface area contributed by atoms with Crippen LogP contribution < -0.4 is 0 Å². The summed E-state index contributed by atoms with van der Waals surface area (Å²) in [6, 6.07) is 5.86. The second-order valence-electron chi connectivity index (χ2n) is 6.37. The summed E-state index contributed by atoms with van der Waals surface area (Å²) in [4.78, 5) is 68.5. The molecule has 0 aromatic heterocycles. The molecule has 0 bridgehead atoms. The lowest BCUT2D eigenvalue weighted by atomic mass is 10.0. The van der Waals surface area contributed by atoms with Gasteiger partial charge in [0.1, 0.15) is 0 Å². The number of ether oxygens (including phenoxy) is 2. The van der Waals surface area contributed by atoms with Gasteiger partial charge >= 0.3 is 35.8 Å². The molecule has 0 saturated carbocycles. The fraction of sp³-hybridized carbons (Fsp3) is 0.143. The summed E-state index contributed by atoms with van der Waals surface area (Å²) in [5, 5.41) is 36.1. The highest BCUT2D eigenvalue weighted by atomic mass is 16.5. The first kappa shape index (κ1) is 24.5. The lowest BCUT2D eigenvalue weighted by Gasteiger charge is -2.09. The molecule has 0 radical (unpaired) electrons. The van der Waals surface area contributed by atoms with Crippen molar-refractivity contribution >= 4 is 35.8 Å². The summed E-state index contributed by atoms with van der Waals surface area (Å²) in [7, 11) is 0. The highest BCUT2D eigenvalue weighted by Crippen LogP contribution is 2.15. The summed E-state index contributed by atoms with van der Waals surface area (Å²) in [5.74, 6) is -7.84. The van der Waals surface area contributed by atoms with Gasteiger partial charge < -0.3 is 29.9 Å². The first-order valence-electron chi connectivity index (χ1n) is 9.08. The van der Waals surface area contributed by atoms with Gasteiger partial charge in [0, 0.05) is 6.42 Å². The maximum absolute atomic E-state index is 12.0. The topological polar surface area (TPSA) is 202 Å². The molecule has 2 aromatic rings. The zero-order valence-corrected chi connectivity index (χ0v) is 16.6. The van der Waals surface area contributed by atoms with E-state index < -0.39 is 58.1 Å². The lowest BCUT2D eigenvalue weighted by Crippen LogP contribution is -2.14. The first-order chi connectivity index (χ1) is 15.5. The fourth-order valence-electron chi connectivity index (χ4n) is 2.62. The van der Waals surface area contributed by atoms with Gasteiger partial charge in [-0.05, 0) is 36.4 Å². The second-order valence-corrected chi connectivity index (χ2v) is 6.37. The van der Waals surface area contributed by atoms with E-state index in [9.17, 15) is 28.8 Å². The second kappa shape index (κ2) is 10.5. The Morgan fingerprint density at radius 1 is 0.545 bits per heavy atom. The van der Waals surface area contributed by atoms with Crippen molar-refractivity contribution < 1.29 is 58.7 Å². The van der Waals surface area contributed by atoms with Crippen LogP contribution in [0, 0.1) is 0 Å². The molecule has 0 aliphatic rings. The number of rotatable bonds is 10. The molecule has 4 N–H and O–H groups in total. The quantitative estimate of drug-likeness (QED) is 0.296. The van der Waals surface area contributed by atoms with Gasteiger partial charge in [-0.3, -0.25) is 0 Å². The summed E-state index contributed by atoms with van der Waals surface area (Å²) < 4.78 is 9.86. The van der Waals surface area contributed by atoms with Gasteiger partial charge in [-0.15, -0.1) is 0 Å². The van der Waals surface area contributed by atoms with Gasteiger partial charge in [-0.2, -0.15) is 0 Å². The molecule has 0 spiro atoms. The van der Waals surface area contributed by atoms with Crippen molar-refractivity contribution in [3.8, 4) is 0 Å². The third-order valence-corrected chi connectivity index (χ3v) is 4.19. The molecule has 0 aliphatic carbocycles. The third-order valence-electron chi connectivity index (χ3n) is 4.19. The van der Waals surface area contributed by atoms with Gasteiger partial charge in [-0.1, -0.05) is 0 Å². The minimum atomic E-state index is -1.53. The summed E-state index contributed by atoms with van der Waals surface area (Å²) in [6.07, 6.45) is 0.0372. The maximum atomic E-state index is 12.0. The van der Waals surface area contributed by atoms with Crippen LogP contribution in [-0.4, -0.2) is 69.5 Å². The van der Waals surface area contributed by atoms with Crippen LogP contribution in [-0.2, 0) is 9.47 Å². The van der Waals surface area contributed by atoms with Gasteiger partial charge in [0.15, 0.2) is 0 Å². The Hall–Kier alpha value is -4.74. The Balaban J connectivity index is 1.91. The van der Waals surface area contributed by atoms with Crippen LogP contribution in [0.2, 0.25) is 0 Å². The molecule has 0 fully saturated rings. The van der Waals surface area contributed by atoms with Crippen molar-refractivity contribution in [2.75, 3.05) is 13.2 Å². The van der Waals surface area contributed by atoms with Crippen molar-refractivity contribution in [2.24, 2.45) is 0 Å². The minimum Gasteiger partial charge on any atom is -0.478 e. The van der Waals surface area contributed by atoms with E-state index in [1.54, 1.807) is 0 Å². The van der Waals surface area contributed by atoms with Gasteiger partial charge in [0.05, 0.1) is 46.6 Å². The number of carboxylic acids is 4. The standard InChI is InChI=1S/C21H16O12/c22-16(23)12-4-2-10(8-14(12)18(26)27)20(30)32-6-1-7-33-21(31)11-3-5-13(17(24)25)15(9-11)19(28)29/h2-5,8-9H,1,6-7H2,(H,22,23)(H,24,25)(H,26,27)(H,28,29). The molecule has 172 valence electrons. The number of hydrogen-bond donors (Lipinski definition) is 4. The molecule has 0 heterocycles. The lowest BCUT2D eigenvalue weighted by molar-refractivity contribution is 0.0394. The van der Waals surface area contributed by atoms with Crippen LogP contribution in [0.5, 0.6) is 0 Å². The van der Waals surface area contributed by atoms with Crippen LogP contribution in [0.1, 0.15) is 68.6 Å². The van der Waals surface area contributed by atoms with Crippen molar-refractivity contribution in [3.63, 3.8) is 0 Å². The average Bonchev–Trinajstić information content (AvgIpc) is 2.77. The molecule has 33 heavy (non-hydrogen) atoms. The van der Waals surface area contributed by atoms with E-state index in [-0.39, 0.29) is 30.8 Å². The van der Waals surface area contributed by atoms with Crippen LogP contribution in [0.25, 0.3) is 0 Å². The SMILES string of the molecule is O=C(OCCCOC(=O)c1ccc(C(=O)O)c(C(=O)O)c1)c1ccc(C(=O)O)c(C(=O)O)c1. The van der Waals surface area contributed by atoms with Gasteiger partial charge in [-0.25, -0.2) is 28.8 Å².